The van der Waals surface area contributed by atoms with E-state index in [2.05, 4.69) is 34.6 Å². The molecule has 1 saturated heterocycles. The smallest absolute Gasteiger partial charge is 0.375 e. The molecule has 0 saturated carbocycles. The topological polar surface area (TPSA) is 92.3 Å². The van der Waals surface area contributed by atoms with Crippen LogP contribution in [0.3, 0.4) is 0 Å². The molecule has 0 N–H and O–H groups in total. The third-order valence-electron chi connectivity index (χ3n) is 7.56. The van der Waals surface area contributed by atoms with Gasteiger partial charge in [0, 0.05) is 63.3 Å². The highest BCUT2D eigenvalue weighted by molar-refractivity contribution is 6.89. The lowest BCUT2D eigenvalue weighted by Gasteiger charge is -2.50. The van der Waals surface area contributed by atoms with Crippen LogP contribution in [0.4, 0.5) is 0 Å². The van der Waals surface area contributed by atoms with E-state index in [0.717, 1.165) is 64.2 Å². The van der Waals surface area contributed by atoms with Crippen molar-refractivity contribution < 1.29 is 42.7 Å². The Morgan fingerprint density at radius 2 is 0.444 bits per heavy atom. The Balaban J connectivity index is 4.30. The van der Waals surface area contributed by atoms with E-state index in [1.54, 1.807) is 0 Å². The Hall–Kier alpha value is 0.684. The molecule has 0 bridgehead atoms. The van der Waals surface area contributed by atoms with Gasteiger partial charge in [-0.05, 0) is 66.7 Å². The summed E-state index contributed by atoms with van der Waals surface area (Å²) in [6, 6.07) is 3.14. The first kappa shape index (κ1) is 43.7. The largest absolute Gasteiger partial charge is 0.486 e. The molecule has 0 spiro atoms. The van der Waals surface area contributed by atoms with Crippen LogP contribution >= 0.6 is 0 Å². The van der Waals surface area contributed by atoms with E-state index in [1.807, 2.05) is 34.6 Å². The monoisotopic (exact) mass is 730 g/mol. The first-order valence-corrected chi connectivity index (χ1v) is 28.0. The van der Waals surface area contributed by atoms with E-state index in [4.69, 9.17) is 42.7 Å². The first-order chi connectivity index (χ1) is 21.6. The average Bonchev–Trinajstić information content (AvgIpc) is 3.00. The predicted molar refractivity (Wildman–Crippen MR) is 191 cm³/mol. The maximum atomic E-state index is 7.37. The third-order valence-corrected chi connectivity index (χ3v) is 28.5. The maximum absolute atomic E-state index is 7.37. The van der Waals surface area contributed by atoms with Crippen LogP contribution in [0.25, 0.3) is 0 Å². The van der Waals surface area contributed by atoms with Crippen LogP contribution in [0.15, 0.2) is 0 Å². The van der Waals surface area contributed by atoms with Gasteiger partial charge in [-0.25, -0.2) is 0 Å². The molecule has 1 rings (SSSR count). The zero-order chi connectivity index (χ0) is 33.7. The molecular formula is C30H70O10Si5. The third kappa shape index (κ3) is 14.2. The quantitative estimate of drug-likeness (QED) is 0.0848. The molecular weight excluding hydrogens is 661 g/mol. The minimum atomic E-state index is -3.52. The second kappa shape index (κ2) is 23.2. The Morgan fingerprint density at radius 3 is 0.556 bits per heavy atom. The predicted octanol–water partition coefficient (Wildman–Crippen LogP) is 8.96. The lowest BCUT2D eigenvalue weighted by molar-refractivity contribution is 0.0173. The molecule has 1 heterocycles. The summed E-state index contributed by atoms with van der Waals surface area (Å²) >= 11 is 0. The van der Waals surface area contributed by atoms with Gasteiger partial charge in [-0.1, -0.05) is 66.7 Å². The lowest BCUT2D eigenvalue weighted by atomic mass is 10.4. The fourth-order valence-corrected chi connectivity index (χ4v) is 31.0. The van der Waals surface area contributed by atoms with Gasteiger partial charge in [-0.3, -0.25) is 0 Å². The van der Waals surface area contributed by atoms with Crippen molar-refractivity contribution in [2.75, 3.05) is 33.0 Å². The summed E-state index contributed by atoms with van der Waals surface area (Å²) in [6.45, 7) is 23.1. The van der Waals surface area contributed by atoms with E-state index in [9.17, 15) is 0 Å². The van der Waals surface area contributed by atoms with Gasteiger partial charge >= 0.3 is 44.0 Å². The van der Waals surface area contributed by atoms with Crippen molar-refractivity contribution in [3.05, 3.63) is 0 Å². The highest BCUT2D eigenvalue weighted by atomic mass is 28.6. The molecule has 15 heteroatoms. The zero-order valence-corrected chi connectivity index (χ0v) is 35.7. The van der Waals surface area contributed by atoms with Gasteiger partial charge in [-0.2, -0.15) is 0 Å². The highest BCUT2D eigenvalue weighted by Gasteiger charge is 2.67. The van der Waals surface area contributed by atoms with Crippen molar-refractivity contribution in [1.82, 2.24) is 0 Å². The number of unbranched alkanes of at least 4 members (excludes halogenated alkanes) is 5. The molecule has 270 valence electrons. The van der Waals surface area contributed by atoms with Gasteiger partial charge in [0.1, 0.15) is 0 Å². The van der Waals surface area contributed by atoms with Gasteiger partial charge in [0.05, 0.1) is 0 Å². The van der Waals surface area contributed by atoms with Gasteiger partial charge in [0.25, 0.3) is 0 Å². The van der Waals surface area contributed by atoms with E-state index in [0.29, 0.717) is 63.3 Å². The van der Waals surface area contributed by atoms with Crippen LogP contribution in [0.1, 0.15) is 133 Å². The second-order valence-electron chi connectivity index (χ2n) is 11.6. The average molecular weight is 731 g/mol. The maximum Gasteiger partial charge on any atom is 0.486 e. The Morgan fingerprint density at radius 1 is 0.289 bits per heavy atom. The number of rotatable bonds is 25. The molecule has 1 fully saturated rings. The molecule has 0 atom stereocenters. The summed E-state index contributed by atoms with van der Waals surface area (Å²) in [5.74, 6) is 0. The highest BCUT2D eigenvalue weighted by Crippen LogP contribution is 2.41. The summed E-state index contributed by atoms with van der Waals surface area (Å²) in [5, 5.41) is 0. The van der Waals surface area contributed by atoms with Crippen molar-refractivity contribution in [1.29, 1.82) is 0 Å². The molecule has 0 aromatic rings. The first-order valence-electron chi connectivity index (χ1n) is 18.3. The normalized spacial score (nSPS) is 31.3. The molecule has 45 heavy (non-hydrogen) atoms. The minimum absolute atomic E-state index is 0.439. The molecule has 10 nitrogen and oxygen atoms in total. The SMILES string of the molecule is CCCC[Si]1(OCC)O[Si](CCCC)(OCC)O[Si](CCCC)(OCC)O[Si](CCCC)(OCC)O[Si](CCCC)(OCC)O1. The van der Waals surface area contributed by atoms with E-state index >= 15 is 0 Å². The number of hydrogen-bond acceptors (Lipinski definition) is 10. The van der Waals surface area contributed by atoms with E-state index in [1.165, 1.54) is 0 Å². The summed E-state index contributed by atoms with van der Waals surface area (Å²) in [4.78, 5) is 0. The fourth-order valence-electron chi connectivity index (χ4n) is 5.52. The van der Waals surface area contributed by atoms with Crippen molar-refractivity contribution in [3.8, 4) is 0 Å². The number of hydrogen-bond donors (Lipinski definition) is 0. The van der Waals surface area contributed by atoms with Crippen molar-refractivity contribution in [3.63, 3.8) is 0 Å². The zero-order valence-electron chi connectivity index (χ0n) is 30.7. The Bertz CT molecular complexity index is 605. The molecule has 1 aliphatic heterocycles. The van der Waals surface area contributed by atoms with Gasteiger partial charge in [-0.15, -0.1) is 0 Å². The molecule has 0 unspecified atom stereocenters. The van der Waals surface area contributed by atoms with Crippen LogP contribution in [0.2, 0.25) is 30.2 Å². The van der Waals surface area contributed by atoms with Crippen molar-refractivity contribution >= 4 is 44.0 Å². The standard InChI is InChI=1S/C30H70O10Si5/c1-11-21-26-41(31-16-6)36-42(32-17-7,27-22-12-2)38-44(34-19-9,29-24-14-4)40-45(35-20-10,30-25-15-5)39-43(37-41,33-18-8)28-23-13-3/h11-30H2,1-10H3. The Labute approximate surface area is 282 Å². The van der Waals surface area contributed by atoms with Gasteiger partial charge in [0.15, 0.2) is 0 Å². The van der Waals surface area contributed by atoms with Crippen LogP contribution in [-0.2, 0) is 42.7 Å². The van der Waals surface area contributed by atoms with Gasteiger partial charge < -0.3 is 42.7 Å². The summed E-state index contributed by atoms with van der Waals surface area (Å²) in [5.41, 5.74) is 0. The fraction of sp³-hybridized carbons (Fsp3) is 1.00. The molecule has 0 aromatic carbocycles. The summed E-state index contributed by atoms with van der Waals surface area (Å²) in [7, 11) is -17.6. The van der Waals surface area contributed by atoms with Crippen LogP contribution in [0.5, 0.6) is 0 Å². The van der Waals surface area contributed by atoms with E-state index in [-0.39, 0.29) is 0 Å². The van der Waals surface area contributed by atoms with Crippen LogP contribution in [0, 0.1) is 0 Å². The molecule has 0 amide bonds. The lowest BCUT2D eigenvalue weighted by Crippen LogP contribution is -2.73. The van der Waals surface area contributed by atoms with E-state index < -0.39 is 44.0 Å². The summed E-state index contributed by atoms with van der Waals surface area (Å²) in [6.07, 6.45) is 9.25. The molecule has 0 aliphatic carbocycles. The van der Waals surface area contributed by atoms with Crippen LogP contribution in [-0.4, -0.2) is 77.1 Å². The van der Waals surface area contributed by atoms with Crippen molar-refractivity contribution in [2.45, 2.75) is 164 Å². The van der Waals surface area contributed by atoms with Gasteiger partial charge in [0.2, 0.25) is 0 Å². The van der Waals surface area contributed by atoms with Crippen LogP contribution < -0.4 is 0 Å². The molecule has 1 aliphatic rings. The molecule has 0 radical (unpaired) electrons. The van der Waals surface area contributed by atoms with Crippen molar-refractivity contribution in [2.24, 2.45) is 0 Å². The minimum Gasteiger partial charge on any atom is -0.375 e. The summed E-state index contributed by atoms with van der Waals surface area (Å²) < 4.78 is 70.6. The Kier molecular flexibility index (Phi) is 22.5. The molecule has 0 aromatic heterocycles. The second-order valence-corrected chi connectivity index (χ2v) is 26.5.